The normalized spacial score (nSPS) is 16.9. The summed E-state index contributed by atoms with van der Waals surface area (Å²) in [5, 5.41) is 9.24. The molecule has 1 aliphatic rings. The zero-order valence-corrected chi connectivity index (χ0v) is 12.6. The molecule has 1 aromatic heterocycles. The Balaban J connectivity index is 1.83. The quantitative estimate of drug-likeness (QED) is 0.870. The largest absolute Gasteiger partial charge is 0.313 e. The number of aromatic nitrogens is 3. The predicted octanol–water partition coefficient (Wildman–Crippen LogP) is 3.21. The molecule has 106 valence electrons. The van der Waals surface area contributed by atoms with Gasteiger partial charge in [0, 0.05) is 24.2 Å². The minimum atomic E-state index is 0.415. The highest BCUT2D eigenvalue weighted by Crippen LogP contribution is 2.28. The Kier molecular flexibility index (Phi) is 3.76. The molecule has 5 heteroatoms. The summed E-state index contributed by atoms with van der Waals surface area (Å²) in [5.74, 6) is 2.08. The number of aryl methyl sites for hydroxylation is 1. The molecule has 2 heterocycles. The summed E-state index contributed by atoms with van der Waals surface area (Å²) in [7, 11) is 0. The van der Waals surface area contributed by atoms with Crippen LogP contribution in [-0.4, -0.2) is 26.2 Å². The van der Waals surface area contributed by atoms with Crippen LogP contribution in [0.4, 0.5) is 0 Å². The van der Waals surface area contributed by atoms with Gasteiger partial charge in [-0.3, -0.25) is 4.90 Å². The van der Waals surface area contributed by atoms with Gasteiger partial charge in [0.1, 0.15) is 11.6 Å². The van der Waals surface area contributed by atoms with Crippen LogP contribution in [0.2, 0.25) is 5.02 Å². The van der Waals surface area contributed by atoms with Gasteiger partial charge in [0.15, 0.2) is 0 Å². The van der Waals surface area contributed by atoms with E-state index >= 15 is 0 Å². The fraction of sp³-hybridized carbons (Fsp3) is 0.467. The van der Waals surface area contributed by atoms with Gasteiger partial charge in [-0.15, -0.1) is 10.2 Å². The molecular weight excluding hydrogens is 272 g/mol. The van der Waals surface area contributed by atoms with Gasteiger partial charge in [0.2, 0.25) is 0 Å². The summed E-state index contributed by atoms with van der Waals surface area (Å²) in [4.78, 5) is 2.48. The Bertz CT molecular complexity index is 590. The van der Waals surface area contributed by atoms with Crippen molar-refractivity contribution in [3.8, 4) is 0 Å². The van der Waals surface area contributed by atoms with E-state index < -0.39 is 0 Å². The lowest BCUT2D eigenvalue weighted by Gasteiger charge is -2.34. The molecule has 20 heavy (non-hydrogen) atoms. The number of hydrogen-bond acceptors (Lipinski definition) is 3. The van der Waals surface area contributed by atoms with E-state index in [9.17, 15) is 0 Å². The molecular formula is C15H19ClN4. The van der Waals surface area contributed by atoms with Crippen LogP contribution in [0.5, 0.6) is 0 Å². The summed E-state index contributed by atoms with van der Waals surface area (Å²) < 4.78 is 2.21. The Hall–Kier alpha value is -1.39. The van der Waals surface area contributed by atoms with E-state index in [-0.39, 0.29) is 0 Å². The third kappa shape index (κ3) is 2.45. The number of hydrogen-bond donors (Lipinski definition) is 0. The van der Waals surface area contributed by atoms with Crippen molar-refractivity contribution in [3.05, 3.63) is 46.5 Å². The van der Waals surface area contributed by atoms with E-state index in [1.54, 1.807) is 0 Å². The minimum absolute atomic E-state index is 0.415. The average molecular weight is 291 g/mol. The molecule has 1 aromatic carbocycles. The molecule has 0 N–H and O–H groups in total. The minimum Gasteiger partial charge on any atom is -0.313 e. The van der Waals surface area contributed by atoms with Crippen LogP contribution in [0, 0.1) is 6.92 Å². The van der Waals surface area contributed by atoms with Crippen molar-refractivity contribution in [1.29, 1.82) is 0 Å². The third-order valence-corrected chi connectivity index (χ3v) is 4.30. The zero-order chi connectivity index (χ0) is 14.1. The fourth-order valence-corrected chi connectivity index (χ4v) is 3.10. The van der Waals surface area contributed by atoms with Gasteiger partial charge in [-0.1, -0.05) is 30.7 Å². The molecule has 0 aliphatic carbocycles. The first-order chi connectivity index (χ1) is 9.69. The number of benzene rings is 1. The van der Waals surface area contributed by atoms with Crippen molar-refractivity contribution >= 4 is 11.6 Å². The van der Waals surface area contributed by atoms with E-state index in [2.05, 4.69) is 38.7 Å². The highest BCUT2D eigenvalue weighted by molar-refractivity contribution is 6.30. The van der Waals surface area contributed by atoms with E-state index in [0.717, 1.165) is 42.7 Å². The second kappa shape index (κ2) is 5.54. The van der Waals surface area contributed by atoms with Crippen molar-refractivity contribution in [3.63, 3.8) is 0 Å². The Morgan fingerprint density at radius 3 is 2.65 bits per heavy atom. The zero-order valence-electron chi connectivity index (χ0n) is 11.9. The maximum atomic E-state index is 5.98. The first-order valence-corrected chi connectivity index (χ1v) is 7.45. The molecule has 0 saturated heterocycles. The highest BCUT2D eigenvalue weighted by atomic mass is 35.5. The van der Waals surface area contributed by atoms with Crippen molar-refractivity contribution in [2.24, 2.45) is 0 Å². The number of fused-ring (bicyclic) bond motifs is 1. The maximum absolute atomic E-state index is 5.98. The smallest absolute Gasteiger partial charge is 0.147 e. The SMILES string of the molecule is CC[C@H](c1ccc(Cl)cc1)N1CCn2c(C)nnc2C1. The second-order valence-electron chi connectivity index (χ2n) is 5.26. The lowest BCUT2D eigenvalue weighted by atomic mass is 10.0. The van der Waals surface area contributed by atoms with Crippen molar-refractivity contribution in [2.45, 2.75) is 39.4 Å². The number of nitrogens with zero attached hydrogens (tertiary/aromatic N) is 4. The van der Waals surface area contributed by atoms with Gasteiger partial charge in [-0.2, -0.15) is 0 Å². The molecule has 0 radical (unpaired) electrons. The molecule has 2 aromatic rings. The first kappa shape index (κ1) is 13.6. The molecule has 0 saturated carbocycles. The monoisotopic (exact) mass is 290 g/mol. The number of rotatable bonds is 3. The predicted molar refractivity (Wildman–Crippen MR) is 79.7 cm³/mol. The van der Waals surface area contributed by atoms with Gasteiger partial charge in [-0.05, 0) is 31.0 Å². The molecule has 1 aliphatic heterocycles. The molecule has 0 bridgehead atoms. The van der Waals surface area contributed by atoms with Crippen LogP contribution in [0.1, 0.15) is 36.6 Å². The topological polar surface area (TPSA) is 34.0 Å². The molecule has 3 rings (SSSR count). The maximum Gasteiger partial charge on any atom is 0.147 e. The van der Waals surface area contributed by atoms with E-state index in [0.29, 0.717) is 6.04 Å². The second-order valence-corrected chi connectivity index (χ2v) is 5.70. The van der Waals surface area contributed by atoms with Crippen molar-refractivity contribution < 1.29 is 0 Å². The lowest BCUT2D eigenvalue weighted by Crippen LogP contribution is -2.36. The van der Waals surface area contributed by atoms with Crippen molar-refractivity contribution in [1.82, 2.24) is 19.7 Å². The van der Waals surface area contributed by atoms with Gasteiger partial charge in [0.25, 0.3) is 0 Å². The first-order valence-electron chi connectivity index (χ1n) is 7.07. The molecule has 0 spiro atoms. The van der Waals surface area contributed by atoms with E-state index in [4.69, 9.17) is 11.6 Å². The van der Waals surface area contributed by atoms with Crippen molar-refractivity contribution in [2.75, 3.05) is 6.54 Å². The summed E-state index contributed by atoms with van der Waals surface area (Å²) in [5.41, 5.74) is 1.32. The Labute approximate surface area is 124 Å². The number of halogens is 1. The van der Waals surface area contributed by atoms with Crippen LogP contribution >= 0.6 is 11.6 Å². The summed E-state index contributed by atoms with van der Waals surface area (Å²) >= 11 is 5.98. The van der Waals surface area contributed by atoms with Crippen LogP contribution in [0.15, 0.2) is 24.3 Å². The fourth-order valence-electron chi connectivity index (χ4n) is 2.98. The molecule has 0 amide bonds. The van der Waals surface area contributed by atoms with Gasteiger partial charge < -0.3 is 4.57 Å². The highest BCUT2D eigenvalue weighted by Gasteiger charge is 2.25. The summed E-state index contributed by atoms with van der Waals surface area (Å²) in [6.07, 6.45) is 1.08. The molecule has 0 unspecified atom stereocenters. The van der Waals surface area contributed by atoms with Crippen LogP contribution in [0.3, 0.4) is 0 Å². The van der Waals surface area contributed by atoms with E-state index in [1.807, 2.05) is 19.1 Å². The summed E-state index contributed by atoms with van der Waals surface area (Å²) in [6.45, 7) is 7.11. The van der Waals surface area contributed by atoms with Crippen LogP contribution in [0.25, 0.3) is 0 Å². The van der Waals surface area contributed by atoms with Gasteiger partial charge in [-0.25, -0.2) is 0 Å². The Morgan fingerprint density at radius 2 is 1.95 bits per heavy atom. The summed E-state index contributed by atoms with van der Waals surface area (Å²) in [6, 6.07) is 8.60. The van der Waals surface area contributed by atoms with Crippen LogP contribution < -0.4 is 0 Å². The van der Waals surface area contributed by atoms with Gasteiger partial charge >= 0.3 is 0 Å². The molecule has 0 fully saturated rings. The van der Waals surface area contributed by atoms with Gasteiger partial charge in [0.05, 0.1) is 6.54 Å². The lowest BCUT2D eigenvalue weighted by molar-refractivity contribution is 0.147. The molecule has 4 nitrogen and oxygen atoms in total. The molecule has 1 atom stereocenters. The van der Waals surface area contributed by atoms with Crippen LogP contribution in [-0.2, 0) is 13.1 Å². The average Bonchev–Trinajstić information content (AvgIpc) is 2.83. The van der Waals surface area contributed by atoms with E-state index in [1.165, 1.54) is 5.56 Å². The Morgan fingerprint density at radius 1 is 1.20 bits per heavy atom. The third-order valence-electron chi connectivity index (χ3n) is 4.05. The standard InChI is InChI=1S/C15H19ClN4/c1-3-14(12-4-6-13(16)7-5-12)19-8-9-20-11(2)17-18-15(20)10-19/h4-7,14H,3,8-10H2,1-2H3/t14-/m1/s1.